The van der Waals surface area contributed by atoms with Gasteiger partial charge in [0, 0.05) is 28.1 Å². The topological polar surface area (TPSA) is 47.3 Å². The number of carbonyl (C=O) groups excluding carboxylic acids is 1. The first-order valence-electron chi connectivity index (χ1n) is 11.1. The SMILES string of the molecule is N#Cc1ccc2cccc3c2c1C(=O)N3c1ccc(N(c2ccccc2)c2ccccc2)cc1. The van der Waals surface area contributed by atoms with Gasteiger partial charge in [-0.25, -0.2) is 0 Å². The Morgan fingerprint density at radius 1 is 0.647 bits per heavy atom. The summed E-state index contributed by atoms with van der Waals surface area (Å²) >= 11 is 0. The lowest BCUT2D eigenvalue weighted by Gasteiger charge is -2.26. The van der Waals surface area contributed by atoms with Crippen LogP contribution in [0.4, 0.5) is 28.4 Å². The van der Waals surface area contributed by atoms with E-state index in [2.05, 4.69) is 35.2 Å². The van der Waals surface area contributed by atoms with Crippen molar-refractivity contribution in [2.75, 3.05) is 9.80 Å². The van der Waals surface area contributed by atoms with Crippen LogP contribution in [0.15, 0.2) is 115 Å². The van der Waals surface area contributed by atoms with Crippen LogP contribution in [0.25, 0.3) is 10.8 Å². The quantitative estimate of drug-likeness (QED) is 0.293. The number of benzene rings is 5. The zero-order valence-electron chi connectivity index (χ0n) is 18.2. The molecule has 0 spiro atoms. The number of hydrogen-bond donors (Lipinski definition) is 0. The first-order chi connectivity index (χ1) is 16.8. The minimum absolute atomic E-state index is 0.168. The molecule has 1 amide bonds. The van der Waals surface area contributed by atoms with E-state index in [1.807, 2.05) is 84.9 Å². The second-order valence-corrected chi connectivity index (χ2v) is 8.14. The molecule has 0 bridgehead atoms. The maximum Gasteiger partial charge on any atom is 0.264 e. The second-order valence-electron chi connectivity index (χ2n) is 8.14. The van der Waals surface area contributed by atoms with Crippen LogP contribution in [0.2, 0.25) is 0 Å². The van der Waals surface area contributed by atoms with Crippen LogP contribution in [-0.2, 0) is 0 Å². The van der Waals surface area contributed by atoms with Crippen molar-refractivity contribution in [3.05, 3.63) is 126 Å². The van der Waals surface area contributed by atoms with E-state index in [1.165, 1.54) is 0 Å². The van der Waals surface area contributed by atoms with Gasteiger partial charge in [-0.15, -0.1) is 0 Å². The summed E-state index contributed by atoms with van der Waals surface area (Å²) in [4.78, 5) is 17.4. The Balaban J connectivity index is 1.44. The molecule has 0 atom stereocenters. The van der Waals surface area contributed by atoms with Crippen LogP contribution in [-0.4, -0.2) is 5.91 Å². The highest BCUT2D eigenvalue weighted by atomic mass is 16.2. The summed E-state index contributed by atoms with van der Waals surface area (Å²) in [6, 6.07) is 40.0. The minimum atomic E-state index is -0.168. The van der Waals surface area contributed by atoms with Gasteiger partial charge >= 0.3 is 0 Å². The molecule has 6 rings (SSSR count). The molecule has 5 aromatic rings. The summed E-state index contributed by atoms with van der Waals surface area (Å²) in [7, 11) is 0. The van der Waals surface area contributed by atoms with Gasteiger partial charge in [0.15, 0.2) is 0 Å². The summed E-state index contributed by atoms with van der Waals surface area (Å²) in [5.41, 5.74) is 5.55. The first-order valence-corrected chi connectivity index (χ1v) is 11.1. The van der Waals surface area contributed by atoms with Crippen molar-refractivity contribution >= 4 is 45.1 Å². The molecule has 1 aliphatic heterocycles. The number of amides is 1. The average Bonchev–Trinajstić information content (AvgIpc) is 3.20. The van der Waals surface area contributed by atoms with E-state index in [1.54, 1.807) is 11.0 Å². The van der Waals surface area contributed by atoms with Gasteiger partial charge in [0.25, 0.3) is 5.91 Å². The lowest BCUT2D eigenvalue weighted by atomic mass is 10.0. The van der Waals surface area contributed by atoms with Gasteiger partial charge in [0.2, 0.25) is 0 Å². The van der Waals surface area contributed by atoms with E-state index in [0.717, 1.165) is 39.2 Å². The van der Waals surface area contributed by atoms with Gasteiger partial charge in [-0.2, -0.15) is 5.26 Å². The Morgan fingerprint density at radius 3 is 1.88 bits per heavy atom. The number of para-hydroxylation sites is 2. The van der Waals surface area contributed by atoms with Crippen LogP contribution in [0.3, 0.4) is 0 Å². The lowest BCUT2D eigenvalue weighted by molar-refractivity contribution is 0.100. The van der Waals surface area contributed by atoms with Crippen molar-refractivity contribution in [3.8, 4) is 6.07 Å². The van der Waals surface area contributed by atoms with E-state index in [-0.39, 0.29) is 5.91 Å². The first kappa shape index (κ1) is 19.8. The van der Waals surface area contributed by atoms with Gasteiger partial charge in [-0.1, -0.05) is 54.6 Å². The fourth-order valence-corrected chi connectivity index (χ4v) is 4.69. The molecule has 0 N–H and O–H groups in total. The van der Waals surface area contributed by atoms with E-state index in [9.17, 15) is 10.1 Å². The number of carbonyl (C=O) groups is 1. The highest BCUT2D eigenvalue weighted by molar-refractivity contribution is 6.28. The number of rotatable bonds is 4. The summed E-state index contributed by atoms with van der Waals surface area (Å²) in [6.45, 7) is 0. The third kappa shape index (κ3) is 3.03. The zero-order valence-corrected chi connectivity index (χ0v) is 18.2. The summed E-state index contributed by atoms with van der Waals surface area (Å²) in [6.07, 6.45) is 0. The molecule has 4 nitrogen and oxygen atoms in total. The van der Waals surface area contributed by atoms with Crippen LogP contribution in [0.5, 0.6) is 0 Å². The molecule has 0 radical (unpaired) electrons. The molecule has 34 heavy (non-hydrogen) atoms. The van der Waals surface area contributed by atoms with Gasteiger partial charge < -0.3 is 4.90 Å². The van der Waals surface area contributed by atoms with Crippen molar-refractivity contribution in [2.24, 2.45) is 0 Å². The molecule has 0 unspecified atom stereocenters. The Bertz CT molecular complexity index is 1530. The van der Waals surface area contributed by atoms with Crippen LogP contribution < -0.4 is 9.80 Å². The molecule has 0 aromatic heterocycles. The van der Waals surface area contributed by atoms with Gasteiger partial charge in [-0.05, 0) is 66.0 Å². The molecule has 4 heteroatoms. The average molecular weight is 438 g/mol. The molecule has 0 saturated heterocycles. The standard InChI is InChI=1S/C30H19N3O/c31-20-22-15-14-21-8-7-13-27-28(21)29(22)30(34)33(27)26-18-16-25(17-19-26)32(23-9-3-1-4-10-23)24-11-5-2-6-12-24/h1-19H. The van der Waals surface area contributed by atoms with E-state index >= 15 is 0 Å². The summed E-state index contributed by atoms with van der Waals surface area (Å²) in [5.74, 6) is -0.168. The third-order valence-corrected chi connectivity index (χ3v) is 6.20. The monoisotopic (exact) mass is 437 g/mol. The highest BCUT2D eigenvalue weighted by Gasteiger charge is 2.33. The number of nitrogens with zero attached hydrogens (tertiary/aromatic N) is 3. The van der Waals surface area contributed by atoms with Gasteiger partial charge in [0.1, 0.15) is 0 Å². The van der Waals surface area contributed by atoms with Crippen LogP contribution in [0, 0.1) is 11.3 Å². The molecule has 0 fully saturated rings. The number of anilines is 5. The molecule has 1 aliphatic rings. The van der Waals surface area contributed by atoms with Crippen molar-refractivity contribution in [2.45, 2.75) is 0 Å². The second kappa shape index (κ2) is 7.91. The van der Waals surface area contributed by atoms with Gasteiger partial charge in [0.05, 0.1) is 22.9 Å². The normalized spacial score (nSPS) is 12.1. The van der Waals surface area contributed by atoms with E-state index in [4.69, 9.17) is 0 Å². The Hall–Kier alpha value is -4.88. The fraction of sp³-hybridized carbons (Fsp3) is 0. The fourth-order valence-electron chi connectivity index (χ4n) is 4.69. The summed E-state index contributed by atoms with van der Waals surface area (Å²) < 4.78 is 0. The van der Waals surface area contributed by atoms with Crippen LogP contribution in [0.1, 0.15) is 15.9 Å². The smallest absolute Gasteiger partial charge is 0.264 e. The molecule has 160 valence electrons. The Kier molecular flexibility index (Phi) is 4.60. The predicted octanol–water partition coefficient (Wildman–Crippen LogP) is 7.47. The van der Waals surface area contributed by atoms with E-state index in [0.29, 0.717) is 11.1 Å². The largest absolute Gasteiger partial charge is 0.311 e. The summed E-state index contributed by atoms with van der Waals surface area (Å²) in [5, 5.41) is 11.4. The third-order valence-electron chi connectivity index (χ3n) is 6.20. The maximum absolute atomic E-state index is 13.5. The number of nitriles is 1. The molecular formula is C30H19N3O. The van der Waals surface area contributed by atoms with Crippen molar-refractivity contribution in [3.63, 3.8) is 0 Å². The molecule has 0 aliphatic carbocycles. The zero-order chi connectivity index (χ0) is 23.1. The highest BCUT2D eigenvalue weighted by Crippen LogP contribution is 2.43. The van der Waals surface area contributed by atoms with Crippen molar-refractivity contribution in [1.82, 2.24) is 0 Å². The van der Waals surface area contributed by atoms with Gasteiger partial charge in [-0.3, -0.25) is 9.69 Å². The Morgan fingerprint density at radius 2 is 1.26 bits per heavy atom. The minimum Gasteiger partial charge on any atom is -0.311 e. The van der Waals surface area contributed by atoms with Crippen molar-refractivity contribution in [1.29, 1.82) is 5.26 Å². The molecule has 1 heterocycles. The lowest BCUT2D eigenvalue weighted by Crippen LogP contribution is -2.21. The van der Waals surface area contributed by atoms with Crippen molar-refractivity contribution < 1.29 is 4.79 Å². The maximum atomic E-state index is 13.5. The van der Waals surface area contributed by atoms with Crippen LogP contribution >= 0.6 is 0 Å². The molecule has 0 saturated carbocycles. The number of hydrogen-bond acceptors (Lipinski definition) is 3. The van der Waals surface area contributed by atoms with E-state index < -0.39 is 0 Å². The Labute approximate surface area is 197 Å². The molecule has 5 aromatic carbocycles. The predicted molar refractivity (Wildman–Crippen MR) is 136 cm³/mol. The molecular weight excluding hydrogens is 418 g/mol.